The Kier molecular flexibility index (Phi) is 4.82. The van der Waals surface area contributed by atoms with E-state index in [2.05, 4.69) is 20.8 Å². The maximum absolute atomic E-state index is 5.61. The van der Waals surface area contributed by atoms with Crippen LogP contribution in [0.3, 0.4) is 0 Å². The SMILES string of the molecule is CC(=CCl)CSc1nnnn1CCNC1CC1. The number of hydrogen-bond donors (Lipinski definition) is 1. The highest BCUT2D eigenvalue weighted by molar-refractivity contribution is 7.99. The van der Waals surface area contributed by atoms with Crippen molar-refractivity contribution in [2.75, 3.05) is 12.3 Å². The molecule has 0 amide bonds. The summed E-state index contributed by atoms with van der Waals surface area (Å²) in [5.74, 6) is 0.819. The first-order valence-electron chi connectivity index (χ1n) is 5.68. The second-order valence-corrected chi connectivity index (χ2v) is 5.32. The molecule has 0 atom stereocenters. The lowest BCUT2D eigenvalue weighted by atomic mass is 10.4. The Bertz CT molecular complexity index is 388. The van der Waals surface area contributed by atoms with E-state index in [1.165, 1.54) is 12.8 Å². The normalized spacial score (nSPS) is 16.5. The highest BCUT2D eigenvalue weighted by Crippen LogP contribution is 2.19. The number of hydrogen-bond acceptors (Lipinski definition) is 5. The quantitative estimate of drug-likeness (QED) is 0.766. The molecule has 0 unspecified atom stereocenters. The number of nitrogens with one attached hydrogen (secondary N) is 1. The van der Waals surface area contributed by atoms with Crippen LogP contribution in [0.1, 0.15) is 19.8 Å². The molecule has 1 aliphatic rings. The summed E-state index contributed by atoms with van der Waals surface area (Å²) in [5.41, 5.74) is 2.71. The Morgan fingerprint density at radius 2 is 2.47 bits per heavy atom. The van der Waals surface area contributed by atoms with Crippen LogP contribution in [0.15, 0.2) is 16.3 Å². The lowest BCUT2D eigenvalue weighted by Crippen LogP contribution is -2.22. The van der Waals surface area contributed by atoms with E-state index in [-0.39, 0.29) is 0 Å². The number of tetrazole rings is 1. The minimum atomic E-state index is 0.726. The van der Waals surface area contributed by atoms with Gasteiger partial charge in [0.1, 0.15) is 0 Å². The van der Waals surface area contributed by atoms with Crippen LogP contribution in [0.4, 0.5) is 0 Å². The summed E-state index contributed by atoms with van der Waals surface area (Å²) in [6, 6.07) is 0.726. The van der Waals surface area contributed by atoms with E-state index >= 15 is 0 Å². The molecule has 94 valence electrons. The third-order valence-corrected chi connectivity index (χ3v) is 3.97. The Morgan fingerprint density at radius 1 is 1.65 bits per heavy atom. The molecule has 1 aliphatic carbocycles. The van der Waals surface area contributed by atoms with Crippen LogP contribution in [-0.4, -0.2) is 38.5 Å². The molecular weight excluding hydrogens is 258 g/mol. The fourth-order valence-electron chi connectivity index (χ4n) is 1.31. The molecule has 1 aromatic rings. The molecule has 2 rings (SSSR count). The van der Waals surface area contributed by atoms with Crippen LogP contribution >= 0.6 is 23.4 Å². The average Bonchev–Trinajstić information content (AvgIpc) is 3.05. The molecule has 0 spiro atoms. The molecule has 0 aromatic carbocycles. The van der Waals surface area contributed by atoms with Gasteiger partial charge in [0, 0.05) is 23.9 Å². The zero-order valence-electron chi connectivity index (χ0n) is 9.77. The third kappa shape index (κ3) is 4.29. The number of aromatic nitrogens is 4. The van der Waals surface area contributed by atoms with Gasteiger partial charge in [-0.1, -0.05) is 28.9 Å². The zero-order chi connectivity index (χ0) is 12.1. The predicted molar refractivity (Wildman–Crippen MR) is 69.2 cm³/mol. The molecular formula is C10H16ClN5S. The summed E-state index contributed by atoms with van der Waals surface area (Å²) in [6.07, 6.45) is 2.61. The second-order valence-electron chi connectivity index (χ2n) is 4.16. The molecule has 0 radical (unpaired) electrons. The lowest BCUT2D eigenvalue weighted by molar-refractivity contribution is 0.510. The summed E-state index contributed by atoms with van der Waals surface area (Å²) in [5, 5.41) is 16.0. The van der Waals surface area contributed by atoms with Gasteiger partial charge in [-0.05, 0) is 30.2 Å². The van der Waals surface area contributed by atoms with Gasteiger partial charge in [-0.2, -0.15) is 0 Å². The Labute approximate surface area is 110 Å². The molecule has 7 heteroatoms. The predicted octanol–water partition coefficient (Wildman–Crippen LogP) is 1.66. The van der Waals surface area contributed by atoms with Gasteiger partial charge < -0.3 is 5.32 Å². The van der Waals surface area contributed by atoms with Crippen molar-refractivity contribution in [1.82, 2.24) is 25.5 Å². The molecule has 0 aliphatic heterocycles. The molecule has 0 saturated heterocycles. The fraction of sp³-hybridized carbons (Fsp3) is 0.700. The summed E-state index contributed by atoms with van der Waals surface area (Å²) in [6.45, 7) is 3.73. The van der Waals surface area contributed by atoms with Gasteiger partial charge >= 0.3 is 0 Å². The number of thioether (sulfide) groups is 1. The van der Waals surface area contributed by atoms with Crippen molar-refractivity contribution < 1.29 is 0 Å². The molecule has 17 heavy (non-hydrogen) atoms. The van der Waals surface area contributed by atoms with E-state index < -0.39 is 0 Å². The summed E-state index contributed by atoms with van der Waals surface area (Å²) in [4.78, 5) is 0. The van der Waals surface area contributed by atoms with Crippen LogP contribution in [0.25, 0.3) is 0 Å². The number of nitrogens with zero attached hydrogens (tertiary/aromatic N) is 4. The minimum absolute atomic E-state index is 0.726. The van der Waals surface area contributed by atoms with E-state index in [1.807, 2.05) is 11.6 Å². The summed E-state index contributed by atoms with van der Waals surface area (Å²) >= 11 is 7.22. The van der Waals surface area contributed by atoms with Crippen molar-refractivity contribution in [3.8, 4) is 0 Å². The Balaban J connectivity index is 1.78. The van der Waals surface area contributed by atoms with Crippen LogP contribution in [-0.2, 0) is 6.54 Å². The smallest absolute Gasteiger partial charge is 0.209 e. The van der Waals surface area contributed by atoms with Gasteiger partial charge in [0.15, 0.2) is 0 Å². The highest BCUT2D eigenvalue weighted by Gasteiger charge is 2.19. The van der Waals surface area contributed by atoms with Crippen molar-refractivity contribution in [2.24, 2.45) is 0 Å². The lowest BCUT2D eigenvalue weighted by Gasteiger charge is -2.05. The molecule has 1 fully saturated rings. The molecule has 1 heterocycles. The van der Waals surface area contributed by atoms with E-state index in [1.54, 1.807) is 17.3 Å². The van der Waals surface area contributed by atoms with E-state index in [0.29, 0.717) is 0 Å². The van der Waals surface area contributed by atoms with Crippen molar-refractivity contribution in [3.63, 3.8) is 0 Å². The van der Waals surface area contributed by atoms with Gasteiger partial charge in [0.05, 0.1) is 6.54 Å². The van der Waals surface area contributed by atoms with E-state index in [9.17, 15) is 0 Å². The van der Waals surface area contributed by atoms with Crippen LogP contribution < -0.4 is 5.32 Å². The van der Waals surface area contributed by atoms with E-state index in [4.69, 9.17) is 11.6 Å². The molecule has 1 aromatic heterocycles. The highest BCUT2D eigenvalue weighted by atomic mass is 35.5. The maximum Gasteiger partial charge on any atom is 0.209 e. The molecule has 1 N–H and O–H groups in total. The molecule has 1 saturated carbocycles. The van der Waals surface area contributed by atoms with Gasteiger partial charge in [-0.25, -0.2) is 4.68 Å². The minimum Gasteiger partial charge on any atom is -0.312 e. The van der Waals surface area contributed by atoms with Gasteiger partial charge in [-0.15, -0.1) is 5.10 Å². The standard InChI is InChI=1S/C10H16ClN5S/c1-8(6-11)7-17-10-13-14-15-16(10)5-4-12-9-2-3-9/h6,9,12H,2-5,7H2,1H3. The number of rotatable bonds is 7. The second kappa shape index (κ2) is 6.37. The van der Waals surface area contributed by atoms with Gasteiger partial charge in [-0.3, -0.25) is 0 Å². The van der Waals surface area contributed by atoms with Crippen LogP contribution in [0.2, 0.25) is 0 Å². The zero-order valence-corrected chi connectivity index (χ0v) is 11.3. The van der Waals surface area contributed by atoms with E-state index in [0.717, 1.165) is 35.6 Å². The van der Waals surface area contributed by atoms with Crippen molar-refractivity contribution in [3.05, 3.63) is 11.1 Å². The third-order valence-electron chi connectivity index (χ3n) is 2.45. The Morgan fingerprint density at radius 3 is 3.18 bits per heavy atom. The van der Waals surface area contributed by atoms with Crippen molar-refractivity contribution in [2.45, 2.75) is 37.5 Å². The first-order valence-corrected chi connectivity index (χ1v) is 7.10. The van der Waals surface area contributed by atoms with Crippen molar-refractivity contribution >= 4 is 23.4 Å². The first-order chi connectivity index (χ1) is 8.29. The largest absolute Gasteiger partial charge is 0.312 e. The summed E-state index contributed by atoms with van der Waals surface area (Å²) < 4.78 is 1.83. The average molecular weight is 274 g/mol. The number of halogens is 1. The fourth-order valence-corrected chi connectivity index (χ4v) is 2.29. The molecule has 5 nitrogen and oxygen atoms in total. The molecule has 0 bridgehead atoms. The Hall–Kier alpha value is -0.590. The summed E-state index contributed by atoms with van der Waals surface area (Å²) in [7, 11) is 0. The maximum atomic E-state index is 5.61. The first kappa shape index (κ1) is 12.9. The van der Waals surface area contributed by atoms with Crippen molar-refractivity contribution in [1.29, 1.82) is 0 Å². The van der Waals surface area contributed by atoms with Crippen LogP contribution in [0, 0.1) is 0 Å². The topological polar surface area (TPSA) is 55.6 Å². The van der Waals surface area contributed by atoms with Gasteiger partial charge in [0.2, 0.25) is 5.16 Å². The van der Waals surface area contributed by atoms with Gasteiger partial charge in [0.25, 0.3) is 0 Å². The monoisotopic (exact) mass is 273 g/mol. The van der Waals surface area contributed by atoms with Crippen LogP contribution in [0.5, 0.6) is 0 Å².